The number of amides is 1. The predicted molar refractivity (Wildman–Crippen MR) is 118 cm³/mol. The second kappa shape index (κ2) is 9.36. The number of benzene rings is 2. The van der Waals surface area contributed by atoms with Crippen LogP contribution in [0.2, 0.25) is 0 Å². The number of rotatable bonds is 7. The molecule has 4 rings (SSSR count). The van der Waals surface area contributed by atoms with Gasteiger partial charge in [-0.15, -0.1) is 11.3 Å². The first-order valence-electron chi connectivity index (χ1n) is 9.61. The average molecular weight is 433 g/mol. The zero-order valence-corrected chi connectivity index (χ0v) is 17.6. The summed E-state index contributed by atoms with van der Waals surface area (Å²) in [5.74, 6) is -0.853. The van der Waals surface area contributed by atoms with Gasteiger partial charge in [-0.3, -0.25) is 14.3 Å². The molecule has 0 bridgehead atoms. The number of ether oxygens (including phenoxy) is 1. The van der Waals surface area contributed by atoms with E-state index in [0.717, 1.165) is 21.7 Å². The number of aromatic nitrogens is 3. The van der Waals surface area contributed by atoms with Gasteiger partial charge in [0.15, 0.2) is 0 Å². The molecular formula is C23H20N4O3S. The third-order valence-corrected chi connectivity index (χ3v) is 5.47. The second-order valence-electron chi connectivity index (χ2n) is 6.83. The standard InChI is InChI=1S/C23H20N4O3S/c1-27-13-19(11-25-27)23-26-20(15-31-23)14-30-21(28)12-24-22(29)18-9-7-17(8-10-18)16-5-3-2-4-6-16/h2-11,13,15H,12,14H2,1H3,(H,24,29). The number of thiazole rings is 1. The molecule has 0 saturated carbocycles. The van der Waals surface area contributed by atoms with Crippen molar-refractivity contribution in [2.24, 2.45) is 7.05 Å². The number of nitrogens with zero attached hydrogens (tertiary/aromatic N) is 3. The molecule has 1 N–H and O–H groups in total. The van der Waals surface area contributed by atoms with Gasteiger partial charge in [-0.25, -0.2) is 4.98 Å². The zero-order chi connectivity index (χ0) is 21.6. The van der Waals surface area contributed by atoms with Crippen molar-refractivity contribution in [2.45, 2.75) is 6.61 Å². The highest BCUT2D eigenvalue weighted by atomic mass is 32.1. The van der Waals surface area contributed by atoms with Gasteiger partial charge in [-0.05, 0) is 23.3 Å². The molecule has 0 aliphatic carbocycles. The minimum atomic E-state index is -0.523. The van der Waals surface area contributed by atoms with Crippen molar-refractivity contribution in [3.05, 3.63) is 83.6 Å². The Morgan fingerprint density at radius 2 is 1.77 bits per heavy atom. The minimum absolute atomic E-state index is 0.0528. The molecule has 31 heavy (non-hydrogen) atoms. The molecule has 0 spiro atoms. The Balaban J connectivity index is 1.25. The molecule has 7 nitrogen and oxygen atoms in total. The van der Waals surface area contributed by atoms with Crippen LogP contribution in [0.5, 0.6) is 0 Å². The molecule has 2 aromatic carbocycles. The lowest BCUT2D eigenvalue weighted by Crippen LogP contribution is -2.30. The molecule has 4 aromatic rings. The summed E-state index contributed by atoms with van der Waals surface area (Å²) in [5, 5.41) is 9.35. The van der Waals surface area contributed by atoms with Gasteiger partial charge < -0.3 is 10.1 Å². The van der Waals surface area contributed by atoms with Gasteiger partial charge in [0.2, 0.25) is 0 Å². The molecule has 2 heterocycles. The highest BCUT2D eigenvalue weighted by Gasteiger charge is 2.11. The minimum Gasteiger partial charge on any atom is -0.458 e. The molecule has 0 aliphatic rings. The number of hydrogen-bond acceptors (Lipinski definition) is 6. The van der Waals surface area contributed by atoms with Crippen LogP contribution in [0.15, 0.2) is 72.4 Å². The first-order chi connectivity index (χ1) is 15.1. The Morgan fingerprint density at radius 3 is 2.48 bits per heavy atom. The first-order valence-corrected chi connectivity index (χ1v) is 10.5. The number of carbonyl (C=O) groups excluding carboxylic acids is 2. The van der Waals surface area contributed by atoms with E-state index in [1.54, 1.807) is 23.0 Å². The van der Waals surface area contributed by atoms with Gasteiger partial charge in [0.05, 0.1) is 11.9 Å². The van der Waals surface area contributed by atoms with Crippen molar-refractivity contribution in [3.8, 4) is 21.7 Å². The van der Waals surface area contributed by atoms with E-state index in [1.807, 2.05) is 61.1 Å². The van der Waals surface area contributed by atoms with E-state index in [-0.39, 0.29) is 19.1 Å². The largest absolute Gasteiger partial charge is 0.458 e. The van der Waals surface area contributed by atoms with E-state index in [1.165, 1.54) is 11.3 Å². The molecule has 2 aromatic heterocycles. The Labute approximate surface area is 183 Å². The third kappa shape index (κ3) is 5.23. The van der Waals surface area contributed by atoms with E-state index in [2.05, 4.69) is 15.4 Å². The molecule has 0 fully saturated rings. The third-order valence-electron chi connectivity index (χ3n) is 4.53. The van der Waals surface area contributed by atoms with E-state index in [4.69, 9.17) is 4.74 Å². The van der Waals surface area contributed by atoms with Crippen LogP contribution in [0.4, 0.5) is 0 Å². The SMILES string of the molecule is Cn1cc(-c2nc(COC(=O)CNC(=O)c3ccc(-c4ccccc4)cc3)cs2)cn1. The van der Waals surface area contributed by atoms with Crippen molar-refractivity contribution in [1.82, 2.24) is 20.1 Å². The maximum Gasteiger partial charge on any atom is 0.325 e. The maximum atomic E-state index is 12.3. The summed E-state index contributed by atoms with van der Waals surface area (Å²) in [7, 11) is 1.84. The predicted octanol–water partition coefficient (Wildman–Crippen LogP) is 3.68. The van der Waals surface area contributed by atoms with Crippen LogP contribution in [0.1, 0.15) is 16.1 Å². The summed E-state index contributed by atoms with van der Waals surface area (Å²) >= 11 is 1.46. The van der Waals surface area contributed by atoms with Crippen molar-refractivity contribution in [3.63, 3.8) is 0 Å². The molecule has 156 valence electrons. The molecule has 0 saturated heterocycles. The van der Waals surface area contributed by atoms with Crippen LogP contribution < -0.4 is 5.32 Å². The molecular weight excluding hydrogens is 412 g/mol. The topological polar surface area (TPSA) is 86.1 Å². The average Bonchev–Trinajstić information content (AvgIpc) is 3.45. The van der Waals surface area contributed by atoms with Crippen LogP contribution in [0, 0.1) is 0 Å². The highest BCUT2D eigenvalue weighted by molar-refractivity contribution is 7.13. The van der Waals surface area contributed by atoms with Crippen LogP contribution in [0.25, 0.3) is 21.7 Å². The van der Waals surface area contributed by atoms with Crippen LogP contribution in [-0.4, -0.2) is 33.2 Å². The van der Waals surface area contributed by atoms with E-state index < -0.39 is 5.97 Å². The Morgan fingerprint density at radius 1 is 1.03 bits per heavy atom. The highest BCUT2D eigenvalue weighted by Crippen LogP contribution is 2.23. The van der Waals surface area contributed by atoms with Gasteiger partial charge in [0, 0.05) is 29.8 Å². The van der Waals surface area contributed by atoms with Crippen LogP contribution in [0.3, 0.4) is 0 Å². The van der Waals surface area contributed by atoms with Gasteiger partial charge >= 0.3 is 5.97 Å². The van der Waals surface area contributed by atoms with Crippen LogP contribution >= 0.6 is 11.3 Å². The Kier molecular flexibility index (Phi) is 6.18. The van der Waals surface area contributed by atoms with Crippen molar-refractivity contribution in [1.29, 1.82) is 0 Å². The fourth-order valence-corrected chi connectivity index (χ4v) is 3.72. The van der Waals surface area contributed by atoms with Crippen molar-refractivity contribution < 1.29 is 14.3 Å². The maximum absolute atomic E-state index is 12.3. The molecule has 1 amide bonds. The Bertz CT molecular complexity index is 1180. The zero-order valence-electron chi connectivity index (χ0n) is 16.8. The van der Waals surface area contributed by atoms with Gasteiger partial charge in [0.1, 0.15) is 18.2 Å². The lowest BCUT2D eigenvalue weighted by molar-refractivity contribution is -0.143. The van der Waals surface area contributed by atoms with Gasteiger partial charge in [-0.2, -0.15) is 5.10 Å². The van der Waals surface area contributed by atoms with Crippen molar-refractivity contribution >= 4 is 23.2 Å². The van der Waals surface area contributed by atoms with Crippen LogP contribution in [-0.2, 0) is 23.2 Å². The number of nitrogens with one attached hydrogen (secondary N) is 1. The summed E-state index contributed by atoms with van der Waals surface area (Å²) in [6, 6.07) is 17.1. The van der Waals surface area contributed by atoms with E-state index >= 15 is 0 Å². The van der Waals surface area contributed by atoms with Gasteiger partial charge in [-0.1, -0.05) is 42.5 Å². The van der Waals surface area contributed by atoms with E-state index in [0.29, 0.717) is 11.3 Å². The molecule has 8 heteroatoms. The Hall–Kier alpha value is -3.78. The fourth-order valence-electron chi connectivity index (χ4n) is 2.94. The molecule has 0 aliphatic heterocycles. The summed E-state index contributed by atoms with van der Waals surface area (Å²) in [5.41, 5.74) is 4.14. The number of hydrogen-bond donors (Lipinski definition) is 1. The summed E-state index contributed by atoms with van der Waals surface area (Å²) < 4.78 is 6.92. The number of esters is 1. The smallest absolute Gasteiger partial charge is 0.325 e. The first kappa shape index (κ1) is 20.5. The summed E-state index contributed by atoms with van der Waals surface area (Å²) in [4.78, 5) is 28.7. The van der Waals surface area contributed by atoms with Crippen molar-refractivity contribution in [2.75, 3.05) is 6.54 Å². The van der Waals surface area contributed by atoms with Gasteiger partial charge in [0.25, 0.3) is 5.91 Å². The molecule has 0 radical (unpaired) electrons. The van der Waals surface area contributed by atoms with E-state index in [9.17, 15) is 9.59 Å². The lowest BCUT2D eigenvalue weighted by Gasteiger charge is -2.07. The summed E-state index contributed by atoms with van der Waals surface area (Å²) in [6.45, 7) is -0.157. The second-order valence-corrected chi connectivity index (χ2v) is 7.69. The fraction of sp³-hybridized carbons (Fsp3) is 0.130. The summed E-state index contributed by atoms with van der Waals surface area (Å²) in [6.07, 6.45) is 3.60. The monoisotopic (exact) mass is 432 g/mol. The quantitative estimate of drug-likeness (QED) is 0.450. The molecule has 0 atom stereocenters. The lowest BCUT2D eigenvalue weighted by atomic mass is 10.0. The molecule has 0 unspecified atom stereocenters. The number of carbonyl (C=O) groups is 2. The number of aryl methyl sites for hydroxylation is 1. The normalized spacial score (nSPS) is 10.6.